The maximum absolute atomic E-state index is 12.7. The Labute approximate surface area is 185 Å². The number of hydrogen-bond acceptors (Lipinski definition) is 6. The van der Waals surface area contributed by atoms with Crippen LogP contribution in [0.5, 0.6) is 0 Å². The van der Waals surface area contributed by atoms with Crippen molar-refractivity contribution >= 4 is 11.7 Å². The number of aliphatic hydroxyl groups is 1. The predicted octanol–water partition coefficient (Wildman–Crippen LogP) is 2.38. The van der Waals surface area contributed by atoms with Crippen LogP contribution in [0.15, 0.2) is 24.5 Å². The Kier molecular flexibility index (Phi) is 7.73. The van der Waals surface area contributed by atoms with E-state index in [9.17, 15) is 23.1 Å². The summed E-state index contributed by atoms with van der Waals surface area (Å²) in [5.74, 6) is 0.362. The first-order valence-electron chi connectivity index (χ1n) is 10.8. The Morgan fingerprint density at radius 1 is 1.16 bits per heavy atom. The fraction of sp³-hybridized carbons (Fsp3) is 0.571. The van der Waals surface area contributed by atoms with E-state index in [4.69, 9.17) is 0 Å². The summed E-state index contributed by atoms with van der Waals surface area (Å²) in [6, 6.07) is 2.45. The molecule has 0 spiro atoms. The summed E-state index contributed by atoms with van der Waals surface area (Å²) in [6.45, 7) is 8.01. The lowest BCUT2D eigenvalue weighted by molar-refractivity contribution is -0.137. The second kappa shape index (κ2) is 10.3. The molecule has 0 bridgehead atoms. The van der Waals surface area contributed by atoms with Crippen LogP contribution < -0.4 is 4.90 Å². The number of aromatic nitrogens is 3. The average Bonchev–Trinajstić information content (AvgIpc) is 3.44. The van der Waals surface area contributed by atoms with Crippen molar-refractivity contribution in [3.63, 3.8) is 0 Å². The SMILES string of the molecule is CC.O=C(c1[nH]ncc1CN1CCN(c2ccc(C(F)(F)F)cn2)CC1)N1CCC(O)C1. The number of hydrogen-bond donors (Lipinski definition) is 2. The van der Waals surface area contributed by atoms with Gasteiger partial charge in [0.15, 0.2) is 0 Å². The largest absolute Gasteiger partial charge is 0.417 e. The van der Waals surface area contributed by atoms with Crippen LogP contribution in [0.2, 0.25) is 0 Å². The van der Waals surface area contributed by atoms with Gasteiger partial charge in [0.2, 0.25) is 0 Å². The smallest absolute Gasteiger partial charge is 0.391 e. The molecule has 11 heteroatoms. The molecule has 0 radical (unpaired) electrons. The molecule has 0 aromatic carbocycles. The Balaban J connectivity index is 0.00000141. The van der Waals surface area contributed by atoms with Gasteiger partial charge in [-0.2, -0.15) is 18.3 Å². The Morgan fingerprint density at radius 2 is 1.88 bits per heavy atom. The Morgan fingerprint density at radius 3 is 2.44 bits per heavy atom. The van der Waals surface area contributed by atoms with Gasteiger partial charge in [0.1, 0.15) is 11.5 Å². The topological polar surface area (TPSA) is 88.6 Å². The number of likely N-dealkylation sites (tertiary alicyclic amines) is 1. The third kappa shape index (κ3) is 5.57. The molecule has 176 valence electrons. The van der Waals surface area contributed by atoms with E-state index in [0.717, 1.165) is 17.8 Å². The van der Waals surface area contributed by atoms with Gasteiger partial charge in [0, 0.05) is 57.6 Å². The number of rotatable bonds is 4. The number of amides is 1. The summed E-state index contributed by atoms with van der Waals surface area (Å²) in [5, 5.41) is 16.4. The van der Waals surface area contributed by atoms with Gasteiger partial charge in [-0.25, -0.2) is 4.98 Å². The van der Waals surface area contributed by atoms with Gasteiger partial charge in [-0.05, 0) is 18.6 Å². The highest BCUT2D eigenvalue weighted by Crippen LogP contribution is 2.29. The minimum atomic E-state index is -4.39. The zero-order valence-corrected chi connectivity index (χ0v) is 18.3. The summed E-state index contributed by atoms with van der Waals surface area (Å²) in [6.07, 6.45) is -1.79. The fourth-order valence-electron chi connectivity index (χ4n) is 3.82. The van der Waals surface area contributed by atoms with Crippen LogP contribution >= 0.6 is 0 Å². The summed E-state index contributed by atoms with van der Waals surface area (Å²) in [4.78, 5) is 22.4. The number of β-amino-alcohol motifs (C(OH)–C–C–N with tert-alkyl or cyclic N) is 1. The molecule has 2 aromatic rings. The molecule has 2 fully saturated rings. The van der Waals surface area contributed by atoms with E-state index in [0.29, 0.717) is 63.7 Å². The highest BCUT2D eigenvalue weighted by Gasteiger charge is 2.31. The first-order valence-corrected chi connectivity index (χ1v) is 10.8. The molecule has 1 atom stereocenters. The van der Waals surface area contributed by atoms with Crippen molar-refractivity contribution in [2.75, 3.05) is 44.2 Å². The average molecular weight is 454 g/mol. The van der Waals surface area contributed by atoms with Gasteiger partial charge in [-0.1, -0.05) is 13.8 Å². The molecule has 32 heavy (non-hydrogen) atoms. The molecular weight excluding hydrogens is 425 g/mol. The lowest BCUT2D eigenvalue weighted by atomic mass is 10.2. The first-order chi connectivity index (χ1) is 15.3. The van der Waals surface area contributed by atoms with Crippen molar-refractivity contribution in [2.24, 2.45) is 0 Å². The zero-order valence-electron chi connectivity index (χ0n) is 18.3. The van der Waals surface area contributed by atoms with Crippen molar-refractivity contribution in [1.82, 2.24) is 25.0 Å². The first kappa shape index (κ1) is 24.0. The maximum atomic E-state index is 12.7. The number of aromatic amines is 1. The molecule has 0 aliphatic carbocycles. The van der Waals surface area contributed by atoms with Gasteiger partial charge >= 0.3 is 6.18 Å². The van der Waals surface area contributed by atoms with Crippen LogP contribution in [0.4, 0.5) is 19.0 Å². The number of alkyl halides is 3. The molecule has 0 saturated carbocycles. The summed E-state index contributed by atoms with van der Waals surface area (Å²) >= 11 is 0. The predicted molar refractivity (Wildman–Crippen MR) is 113 cm³/mol. The number of H-pyrrole nitrogens is 1. The summed E-state index contributed by atoms with van der Waals surface area (Å²) < 4.78 is 38.1. The molecule has 2 aliphatic heterocycles. The summed E-state index contributed by atoms with van der Waals surface area (Å²) in [7, 11) is 0. The van der Waals surface area contributed by atoms with E-state index in [1.54, 1.807) is 11.1 Å². The van der Waals surface area contributed by atoms with Crippen LogP contribution in [-0.4, -0.2) is 81.4 Å². The molecule has 1 amide bonds. The number of aliphatic hydroxyl groups excluding tert-OH is 1. The number of piperazine rings is 1. The molecule has 2 saturated heterocycles. The minimum absolute atomic E-state index is 0.161. The quantitative estimate of drug-likeness (QED) is 0.738. The number of nitrogens with zero attached hydrogens (tertiary/aromatic N) is 5. The number of nitrogens with one attached hydrogen (secondary N) is 1. The van der Waals surface area contributed by atoms with Crippen LogP contribution in [0.3, 0.4) is 0 Å². The van der Waals surface area contributed by atoms with Crippen LogP contribution in [-0.2, 0) is 12.7 Å². The number of carbonyl (C=O) groups is 1. The minimum Gasteiger partial charge on any atom is -0.391 e. The molecule has 4 rings (SSSR count). The van der Waals surface area contributed by atoms with Crippen molar-refractivity contribution in [2.45, 2.75) is 39.1 Å². The number of carbonyl (C=O) groups excluding carboxylic acids is 1. The zero-order chi connectivity index (χ0) is 23.3. The van der Waals surface area contributed by atoms with Gasteiger partial charge < -0.3 is 14.9 Å². The highest BCUT2D eigenvalue weighted by atomic mass is 19.4. The second-order valence-electron chi connectivity index (χ2n) is 7.63. The second-order valence-corrected chi connectivity index (χ2v) is 7.63. The number of pyridine rings is 1. The van der Waals surface area contributed by atoms with E-state index >= 15 is 0 Å². The lowest BCUT2D eigenvalue weighted by Crippen LogP contribution is -2.46. The van der Waals surface area contributed by atoms with Crippen LogP contribution in [0.25, 0.3) is 0 Å². The highest BCUT2D eigenvalue weighted by molar-refractivity contribution is 5.93. The Hall–Kier alpha value is -2.66. The summed E-state index contributed by atoms with van der Waals surface area (Å²) in [5.41, 5.74) is 0.478. The lowest BCUT2D eigenvalue weighted by Gasteiger charge is -2.35. The molecular formula is C21H29F3N6O2. The van der Waals surface area contributed by atoms with Gasteiger partial charge in [0.05, 0.1) is 17.9 Å². The standard InChI is InChI=1S/C19H23F3N6O2.C2H6/c20-19(21,22)14-1-2-16(23-10-14)27-7-5-26(6-8-27)11-13-9-24-25-17(13)18(30)28-4-3-15(29)12-28;1-2/h1-2,9-10,15,29H,3-8,11-12H2,(H,24,25);1-2H3. The maximum Gasteiger partial charge on any atom is 0.417 e. The molecule has 2 aliphatic rings. The molecule has 2 N–H and O–H groups in total. The van der Waals surface area contributed by atoms with E-state index in [2.05, 4.69) is 20.1 Å². The van der Waals surface area contributed by atoms with Gasteiger partial charge in [-0.15, -0.1) is 0 Å². The molecule has 8 nitrogen and oxygen atoms in total. The normalized spacial score (nSPS) is 19.6. The van der Waals surface area contributed by atoms with Crippen LogP contribution in [0.1, 0.15) is 41.9 Å². The molecule has 1 unspecified atom stereocenters. The van der Waals surface area contributed by atoms with E-state index in [1.807, 2.05) is 18.7 Å². The van der Waals surface area contributed by atoms with Crippen molar-refractivity contribution in [3.8, 4) is 0 Å². The number of halogens is 3. The molecule has 4 heterocycles. The van der Waals surface area contributed by atoms with Crippen LogP contribution in [0, 0.1) is 0 Å². The van der Waals surface area contributed by atoms with Crippen molar-refractivity contribution in [3.05, 3.63) is 41.3 Å². The third-order valence-electron chi connectivity index (χ3n) is 5.55. The van der Waals surface area contributed by atoms with Gasteiger partial charge in [-0.3, -0.25) is 14.8 Å². The van der Waals surface area contributed by atoms with Crippen molar-refractivity contribution in [1.29, 1.82) is 0 Å². The van der Waals surface area contributed by atoms with Crippen molar-refractivity contribution < 1.29 is 23.1 Å². The number of anilines is 1. The third-order valence-corrected chi connectivity index (χ3v) is 5.55. The fourth-order valence-corrected chi connectivity index (χ4v) is 3.82. The van der Waals surface area contributed by atoms with Gasteiger partial charge in [0.25, 0.3) is 5.91 Å². The Bertz CT molecular complexity index is 878. The van der Waals surface area contributed by atoms with E-state index in [1.165, 1.54) is 6.07 Å². The van der Waals surface area contributed by atoms with E-state index < -0.39 is 17.8 Å². The monoisotopic (exact) mass is 454 g/mol. The molecule has 2 aromatic heterocycles. The van der Waals surface area contributed by atoms with E-state index in [-0.39, 0.29) is 5.91 Å².